The van der Waals surface area contributed by atoms with E-state index in [0.717, 1.165) is 36.8 Å². The van der Waals surface area contributed by atoms with Gasteiger partial charge in [0.1, 0.15) is 13.2 Å². The Hall–Kier alpha value is -3.39. The van der Waals surface area contributed by atoms with E-state index in [0.29, 0.717) is 0 Å². The van der Waals surface area contributed by atoms with Crippen LogP contribution in [0.15, 0.2) is 48.5 Å². The van der Waals surface area contributed by atoms with Crippen LogP contribution in [0.2, 0.25) is 0 Å². The van der Waals surface area contributed by atoms with Crippen LogP contribution in [0.4, 0.5) is 4.79 Å². The molecule has 2 amide bonds. The van der Waals surface area contributed by atoms with Gasteiger partial charge in [-0.3, -0.25) is 4.79 Å². The first kappa shape index (κ1) is 23.4. The molecule has 1 unspecified atom stereocenters. The van der Waals surface area contributed by atoms with Gasteiger partial charge in [0.15, 0.2) is 0 Å². The summed E-state index contributed by atoms with van der Waals surface area (Å²) in [5.74, 6) is -1.18. The molecule has 0 heterocycles. The summed E-state index contributed by atoms with van der Waals surface area (Å²) in [6, 6.07) is 16.4. The first-order valence-electron chi connectivity index (χ1n) is 12.1. The maximum atomic E-state index is 13.0. The molecule has 0 aromatic heterocycles. The lowest BCUT2D eigenvalue weighted by molar-refractivity contribution is -0.142. The number of carboxylic acid groups (broad SMARTS) is 1. The Labute approximate surface area is 204 Å². The number of carbonyl (C=O) groups is 3. The van der Waals surface area contributed by atoms with Crippen molar-refractivity contribution >= 4 is 18.0 Å². The van der Waals surface area contributed by atoms with Crippen molar-refractivity contribution in [2.45, 2.75) is 31.6 Å². The van der Waals surface area contributed by atoms with Gasteiger partial charge in [0.2, 0.25) is 5.91 Å². The number of carboxylic acids is 1. The van der Waals surface area contributed by atoms with Gasteiger partial charge in [-0.15, -0.1) is 0 Å². The lowest BCUT2D eigenvalue weighted by Gasteiger charge is -2.32. The summed E-state index contributed by atoms with van der Waals surface area (Å²) in [4.78, 5) is 36.2. The van der Waals surface area contributed by atoms with E-state index in [4.69, 9.17) is 14.6 Å². The molecule has 0 radical (unpaired) electrons. The Morgan fingerprint density at radius 2 is 1.63 bits per heavy atom. The average Bonchev–Trinajstić information content (AvgIpc) is 3.45. The van der Waals surface area contributed by atoms with E-state index in [9.17, 15) is 14.4 Å². The molecule has 2 fully saturated rings. The summed E-state index contributed by atoms with van der Waals surface area (Å²) in [6.45, 7) is 0.417. The fourth-order valence-corrected chi connectivity index (χ4v) is 5.88. The number of nitrogens with one attached hydrogen (secondary N) is 2. The van der Waals surface area contributed by atoms with E-state index in [1.54, 1.807) is 0 Å². The smallest absolute Gasteiger partial charge is 0.407 e. The van der Waals surface area contributed by atoms with Crippen molar-refractivity contribution in [3.05, 3.63) is 59.7 Å². The van der Waals surface area contributed by atoms with E-state index in [1.165, 1.54) is 11.1 Å². The number of fused-ring (bicyclic) bond motifs is 3. The van der Waals surface area contributed by atoms with Gasteiger partial charge in [-0.25, -0.2) is 9.59 Å². The van der Waals surface area contributed by atoms with E-state index in [1.807, 2.05) is 24.3 Å². The molecule has 35 heavy (non-hydrogen) atoms. The minimum absolute atomic E-state index is 0.0184. The third kappa shape index (κ3) is 4.27. The van der Waals surface area contributed by atoms with Crippen LogP contribution in [-0.2, 0) is 19.1 Å². The topological polar surface area (TPSA) is 114 Å². The van der Waals surface area contributed by atoms with E-state index >= 15 is 0 Å². The number of hydrogen-bond donors (Lipinski definition) is 3. The molecule has 2 saturated carbocycles. The first-order valence-corrected chi connectivity index (χ1v) is 12.1. The summed E-state index contributed by atoms with van der Waals surface area (Å²) >= 11 is 0. The number of amides is 2. The van der Waals surface area contributed by atoms with Crippen LogP contribution in [-0.4, -0.2) is 56.0 Å². The lowest BCUT2D eigenvalue weighted by Crippen LogP contribution is -2.46. The number of alkyl carbamates (subject to hydrolysis) is 1. The van der Waals surface area contributed by atoms with Crippen molar-refractivity contribution in [1.82, 2.24) is 10.6 Å². The number of benzene rings is 2. The molecule has 3 aliphatic rings. The van der Waals surface area contributed by atoms with E-state index in [2.05, 4.69) is 34.9 Å². The fourth-order valence-electron chi connectivity index (χ4n) is 5.88. The second kappa shape index (κ2) is 9.34. The summed E-state index contributed by atoms with van der Waals surface area (Å²) in [7, 11) is 0. The highest BCUT2D eigenvalue weighted by molar-refractivity contribution is 5.88. The third-order valence-corrected chi connectivity index (χ3v) is 7.91. The van der Waals surface area contributed by atoms with Crippen molar-refractivity contribution in [3.8, 4) is 11.1 Å². The van der Waals surface area contributed by atoms with Crippen molar-refractivity contribution in [1.29, 1.82) is 0 Å². The van der Waals surface area contributed by atoms with Crippen molar-refractivity contribution in [3.63, 3.8) is 0 Å². The van der Waals surface area contributed by atoms with Crippen LogP contribution in [0.1, 0.15) is 42.7 Å². The van der Waals surface area contributed by atoms with Crippen LogP contribution >= 0.6 is 0 Å². The molecule has 1 atom stereocenters. The minimum Gasteiger partial charge on any atom is -0.480 e. The fraction of sp³-hybridized carbons (Fsp3) is 0.444. The molecule has 3 N–H and O–H groups in total. The molecular weight excluding hydrogens is 448 g/mol. The van der Waals surface area contributed by atoms with Crippen molar-refractivity contribution in [2.24, 2.45) is 10.8 Å². The predicted octanol–water partition coefficient (Wildman–Crippen LogP) is 3.30. The SMILES string of the molecule is O=C(O)COCCNC(=O)C1(CNC(=O)OCC2c3ccccc3-c3ccccc32)CC12CCC2. The summed E-state index contributed by atoms with van der Waals surface area (Å²) < 4.78 is 10.6. The molecule has 2 aromatic carbocycles. The van der Waals surface area contributed by atoms with Crippen molar-refractivity contribution < 1.29 is 29.0 Å². The molecule has 8 heteroatoms. The highest BCUT2D eigenvalue weighted by Gasteiger charge is 2.73. The Morgan fingerprint density at radius 1 is 0.971 bits per heavy atom. The molecule has 2 aromatic rings. The Kier molecular flexibility index (Phi) is 6.23. The monoisotopic (exact) mass is 478 g/mol. The maximum absolute atomic E-state index is 13.0. The normalized spacial score (nSPS) is 20.9. The quantitative estimate of drug-likeness (QED) is 0.452. The zero-order valence-electron chi connectivity index (χ0n) is 19.5. The van der Waals surface area contributed by atoms with Gasteiger partial charge < -0.3 is 25.2 Å². The zero-order valence-corrected chi connectivity index (χ0v) is 19.5. The third-order valence-electron chi connectivity index (χ3n) is 7.91. The lowest BCUT2D eigenvalue weighted by atomic mass is 9.74. The van der Waals surface area contributed by atoms with Gasteiger partial charge in [-0.05, 0) is 46.9 Å². The maximum Gasteiger partial charge on any atom is 0.407 e. The first-order chi connectivity index (χ1) is 17.0. The largest absolute Gasteiger partial charge is 0.480 e. The number of rotatable bonds is 10. The predicted molar refractivity (Wildman–Crippen MR) is 128 cm³/mol. The second-order valence-corrected chi connectivity index (χ2v) is 9.77. The molecular formula is C27H30N2O6. The van der Waals surface area contributed by atoms with Gasteiger partial charge in [-0.2, -0.15) is 0 Å². The number of carbonyl (C=O) groups excluding carboxylic acids is 2. The van der Waals surface area contributed by atoms with Gasteiger partial charge in [0.25, 0.3) is 0 Å². The van der Waals surface area contributed by atoms with Gasteiger partial charge >= 0.3 is 12.1 Å². The van der Waals surface area contributed by atoms with Gasteiger partial charge in [0.05, 0.1) is 12.0 Å². The summed E-state index contributed by atoms with van der Waals surface area (Å²) in [5, 5.41) is 14.3. The highest BCUT2D eigenvalue weighted by atomic mass is 16.5. The second-order valence-electron chi connectivity index (χ2n) is 9.77. The number of hydrogen-bond acceptors (Lipinski definition) is 5. The van der Waals surface area contributed by atoms with Gasteiger partial charge in [0, 0.05) is 19.0 Å². The van der Waals surface area contributed by atoms with Crippen LogP contribution in [0.25, 0.3) is 11.1 Å². The highest BCUT2D eigenvalue weighted by Crippen LogP contribution is 2.73. The minimum atomic E-state index is -1.05. The Balaban J connectivity index is 1.16. The summed E-state index contributed by atoms with van der Waals surface area (Å²) in [6.07, 6.45) is 3.25. The molecule has 3 aliphatic carbocycles. The number of ether oxygens (including phenoxy) is 2. The molecule has 0 saturated heterocycles. The van der Waals surface area contributed by atoms with E-state index in [-0.39, 0.29) is 43.5 Å². The average molecular weight is 479 g/mol. The molecule has 184 valence electrons. The van der Waals surface area contributed by atoms with Crippen LogP contribution in [0.3, 0.4) is 0 Å². The molecule has 5 rings (SSSR count). The molecule has 8 nitrogen and oxygen atoms in total. The Bertz CT molecular complexity index is 1100. The van der Waals surface area contributed by atoms with Crippen LogP contribution in [0, 0.1) is 10.8 Å². The summed E-state index contributed by atoms with van der Waals surface area (Å²) in [5.41, 5.74) is 3.96. The number of aliphatic carboxylic acids is 1. The zero-order chi connectivity index (χ0) is 24.5. The molecule has 0 aliphatic heterocycles. The van der Waals surface area contributed by atoms with E-state index < -0.39 is 24.1 Å². The van der Waals surface area contributed by atoms with Gasteiger partial charge in [-0.1, -0.05) is 55.0 Å². The Morgan fingerprint density at radius 3 is 2.20 bits per heavy atom. The molecule has 1 spiro atoms. The van der Waals surface area contributed by atoms with Crippen LogP contribution < -0.4 is 10.6 Å². The van der Waals surface area contributed by atoms with Crippen LogP contribution in [0.5, 0.6) is 0 Å². The van der Waals surface area contributed by atoms with Crippen molar-refractivity contribution in [2.75, 3.05) is 32.9 Å². The standard InChI is InChI=1S/C27H30N2O6/c30-23(31)15-34-13-12-28-24(32)27(16-26(27)10-5-11-26)17-29-25(33)35-14-22-20-8-3-1-6-18(20)19-7-2-4-9-21(19)22/h1-4,6-9,22H,5,10-17H2,(H,28,32)(H,29,33)(H,30,31). The molecule has 0 bridgehead atoms.